The van der Waals surface area contributed by atoms with Gasteiger partial charge in [-0.1, -0.05) is 60.7 Å². The van der Waals surface area contributed by atoms with Crippen molar-refractivity contribution in [2.75, 3.05) is 13.2 Å². The van der Waals surface area contributed by atoms with Gasteiger partial charge in [0, 0.05) is 25.6 Å². The normalized spacial score (nSPS) is 12.4. The lowest BCUT2D eigenvalue weighted by atomic mass is 9.96. The van der Waals surface area contributed by atoms with Gasteiger partial charge in [-0.3, -0.25) is 0 Å². The Hall–Kier alpha value is -4.00. The quantitative estimate of drug-likeness (QED) is 0.298. The first-order chi connectivity index (χ1) is 17.7. The monoisotopic (exact) mass is 504 g/mol. The van der Waals surface area contributed by atoms with Crippen LogP contribution in [0, 0.1) is 0 Å². The van der Waals surface area contributed by atoms with Crippen LogP contribution in [0.4, 0.5) is 4.79 Å². The smallest absolute Gasteiger partial charge is 0.348 e. The number of rotatable bonds is 13. The summed E-state index contributed by atoms with van der Waals surface area (Å²) in [4.78, 5) is 26.4. The van der Waals surface area contributed by atoms with Crippen LogP contribution in [0.25, 0.3) is 0 Å². The second kappa shape index (κ2) is 13.3. The van der Waals surface area contributed by atoms with E-state index in [4.69, 9.17) is 9.47 Å². The molecule has 7 nitrogen and oxygen atoms in total. The van der Waals surface area contributed by atoms with Crippen LogP contribution in [0.2, 0.25) is 0 Å². The fourth-order valence-electron chi connectivity index (χ4n) is 3.84. The van der Waals surface area contributed by atoms with Gasteiger partial charge < -0.3 is 24.8 Å². The highest BCUT2D eigenvalue weighted by molar-refractivity contribution is 5.78. The van der Waals surface area contributed by atoms with Gasteiger partial charge in [-0.25, -0.2) is 9.59 Å². The van der Waals surface area contributed by atoms with Crippen LogP contribution in [0.5, 0.6) is 11.5 Å². The molecule has 0 bridgehead atoms. The molecule has 2 amide bonds. The highest BCUT2D eigenvalue weighted by Crippen LogP contribution is 2.24. The lowest BCUT2D eigenvalue weighted by Crippen LogP contribution is -2.43. The van der Waals surface area contributed by atoms with Crippen LogP contribution < -0.4 is 14.8 Å². The third kappa shape index (κ3) is 8.86. The van der Waals surface area contributed by atoms with Crippen molar-refractivity contribution < 1.29 is 24.2 Å². The Morgan fingerprint density at radius 3 is 2.11 bits per heavy atom. The number of hydrogen-bond donors (Lipinski definition) is 2. The number of para-hydroxylation sites is 1. The van der Waals surface area contributed by atoms with Gasteiger partial charge in [0.25, 0.3) is 0 Å². The van der Waals surface area contributed by atoms with Crippen LogP contribution in [0.15, 0.2) is 84.9 Å². The first-order valence-corrected chi connectivity index (χ1v) is 12.5. The molecule has 3 aromatic rings. The molecule has 2 N–H and O–H groups in total. The highest BCUT2D eigenvalue weighted by Gasteiger charge is 2.36. The molecule has 0 fully saturated rings. The first kappa shape index (κ1) is 27.6. The molecule has 0 aliphatic heterocycles. The summed E-state index contributed by atoms with van der Waals surface area (Å²) in [6.45, 7) is 6.99. The zero-order valence-electron chi connectivity index (χ0n) is 21.7. The number of carbonyl (C=O) groups excluding carboxylic acids is 1. The Kier molecular flexibility index (Phi) is 9.95. The predicted molar refractivity (Wildman–Crippen MR) is 144 cm³/mol. The minimum Gasteiger partial charge on any atom is -0.494 e. The van der Waals surface area contributed by atoms with Crippen LogP contribution in [-0.2, 0) is 17.8 Å². The van der Waals surface area contributed by atoms with Gasteiger partial charge in [-0.15, -0.1) is 0 Å². The summed E-state index contributed by atoms with van der Waals surface area (Å²) >= 11 is 0. The summed E-state index contributed by atoms with van der Waals surface area (Å²) < 4.78 is 11.7. The number of benzene rings is 3. The van der Waals surface area contributed by atoms with E-state index in [-0.39, 0.29) is 18.5 Å². The molecule has 0 heterocycles. The number of ether oxygens (including phenoxy) is 2. The summed E-state index contributed by atoms with van der Waals surface area (Å²) in [5.74, 6) is 0.167. The molecule has 0 spiro atoms. The largest absolute Gasteiger partial charge is 0.494 e. The van der Waals surface area contributed by atoms with Gasteiger partial charge in [0.2, 0.25) is 5.60 Å². The molecule has 0 saturated heterocycles. The van der Waals surface area contributed by atoms with E-state index in [1.807, 2.05) is 74.5 Å². The maximum absolute atomic E-state index is 12.7. The van der Waals surface area contributed by atoms with Crippen molar-refractivity contribution in [3.63, 3.8) is 0 Å². The lowest BCUT2D eigenvalue weighted by molar-refractivity contribution is -0.153. The maximum atomic E-state index is 12.7. The molecule has 0 radical (unpaired) electrons. The van der Waals surface area contributed by atoms with Crippen LogP contribution >= 0.6 is 0 Å². The average Bonchev–Trinajstić information content (AvgIpc) is 2.87. The molecular formula is C30H36N2O5. The molecule has 37 heavy (non-hydrogen) atoms. The fraction of sp³-hybridized carbons (Fsp3) is 0.333. The Labute approximate surface area is 219 Å². The van der Waals surface area contributed by atoms with E-state index in [0.29, 0.717) is 37.6 Å². The zero-order valence-corrected chi connectivity index (χ0v) is 21.7. The number of amides is 2. The van der Waals surface area contributed by atoms with E-state index in [9.17, 15) is 14.7 Å². The predicted octanol–water partition coefficient (Wildman–Crippen LogP) is 5.54. The average molecular weight is 505 g/mol. The summed E-state index contributed by atoms with van der Waals surface area (Å²) in [5.41, 5.74) is 0.498. The number of hydrogen-bond acceptors (Lipinski definition) is 4. The van der Waals surface area contributed by atoms with Crippen molar-refractivity contribution in [3.8, 4) is 11.5 Å². The number of carbonyl (C=O) groups is 2. The van der Waals surface area contributed by atoms with Crippen molar-refractivity contribution >= 4 is 12.0 Å². The van der Waals surface area contributed by atoms with E-state index in [0.717, 1.165) is 11.1 Å². The van der Waals surface area contributed by atoms with E-state index < -0.39 is 11.6 Å². The van der Waals surface area contributed by atoms with E-state index >= 15 is 0 Å². The number of carboxylic acid groups (broad SMARTS) is 1. The first-order valence-electron chi connectivity index (χ1n) is 12.5. The van der Waals surface area contributed by atoms with Gasteiger partial charge in [-0.2, -0.15) is 0 Å². The second-order valence-electron chi connectivity index (χ2n) is 9.49. The molecule has 0 aromatic heterocycles. The summed E-state index contributed by atoms with van der Waals surface area (Å²) in [6, 6.07) is 26.2. The third-order valence-corrected chi connectivity index (χ3v) is 5.76. The number of urea groups is 1. The SMILES string of the molecule is CC(C)NC(=O)N(CCCOc1ccc(CC(C)(Oc2ccccc2)C(=O)O)cc1)Cc1ccccc1. The molecule has 196 valence electrons. The Bertz CT molecular complexity index is 1120. The third-order valence-electron chi connectivity index (χ3n) is 5.76. The van der Waals surface area contributed by atoms with Crippen molar-refractivity contribution in [2.45, 2.75) is 51.8 Å². The van der Waals surface area contributed by atoms with E-state index in [2.05, 4.69) is 5.32 Å². The molecule has 0 aliphatic rings. The lowest BCUT2D eigenvalue weighted by Gasteiger charge is -2.26. The van der Waals surface area contributed by atoms with Gasteiger partial charge in [-0.05, 0) is 62.6 Å². The van der Waals surface area contributed by atoms with Crippen molar-refractivity contribution in [1.82, 2.24) is 10.2 Å². The number of nitrogens with zero attached hydrogens (tertiary/aromatic N) is 1. The maximum Gasteiger partial charge on any atom is 0.348 e. The summed E-state index contributed by atoms with van der Waals surface area (Å²) in [7, 11) is 0. The molecule has 0 saturated carbocycles. The zero-order chi connectivity index (χ0) is 26.7. The van der Waals surface area contributed by atoms with Crippen LogP contribution in [-0.4, -0.2) is 46.8 Å². The summed E-state index contributed by atoms with van der Waals surface area (Å²) in [6.07, 6.45) is 0.874. The topological polar surface area (TPSA) is 88.1 Å². The van der Waals surface area contributed by atoms with E-state index in [1.54, 1.807) is 36.1 Å². The molecule has 3 aromatic carbocycles. The molecule has 1 unspecified atom stereocenters. The van der Waals surface area contributed by atoms with Crippen molar-refractivity contribution in [2.24, 2.45) is 0 Å². The van der Waals surface area contributed by atoms with Gasteiger partial charge in [0.15, 0.2) is 0 Å². The fourth-order valence-corrected chi connectivity index (χ4v) is 3.84. The Morgan fingerprint density at radius 2 is 1.51 bits per heavy atom. The number of aliphatic carboxylic acids is 1. The molecule has 1 atom stereocenters. The van der Waals surface area contributed by atoms with Crippen molar-refractivity contribution in [3.05, 3.63) is 96.1 Å². The highest BCUT2D eigenvalue weighted by atomic mass is 16.5. The van der Waals surface area contributed by atoms with Crippen LogP contribution in [0.3, 0.4) is 0 Å². The van der Waals surface area contributed by atoms with Gasteiger partial charge in [0.1, 0.15) is 11.5 Å². The van der Waals surface area contributed by atoms with Crippen LogP contribution in [0.1, 0.15) is 38.3 Å². The number of carboxylic acids is 1. The van der Waals surface area contributed by atoms with Crippen molar-refractivity contribution in [1.29, 1.82) is 0 Å². The molecular weight excluding hydrogens is 468 g/mol. The summed E-state index contributed by atoms with van der Waals surface area (Å²) in [5, 5.41) is 12.8. The molecule has 3 rings (SSSR count). The van der Waals surface area contributed by atoms with E-state index in [1.165, 1.54) is 0 Å². The minimum absolute atomic E-state index is 0.0571. The standard InChI is InChI=1S/C30H36N2O5/c1-23(2)31-29(35)32(22-25-11-6-4-7-12-25)19-10-20-36-26-17-15-24(16-18-26)21-30(3,28(33)34)37-27-13-8-5-9-14-27/h4-9,11-18,23H,10,19-22H2,1-3H3,(H,31,35)(H,33,34). The second-order valence-corrected chi connectivity index (χ2v) is 9.49. The minimum atomic E-state index is -1.40. The Balaban J connectivity index is 1.52. The number of nitrogens with one attached hydrogen (secondary N) is 1. The molecule has 7 heteroatoms. The van der Waals surface area contributed by atoms with Gasteiger partial charge in [0.05, 0.1) is 6.61 Å². The van der Waals surface area contributed by atoms with Gasteiger partial charge >= 0.3 is 12.0 Å². The molecule has 0 aliphatic carbocycles. The Morgan fingerprint density at radius 1 is 0.892 bits per heavy atom.